The largest absolute Gasteiger partial charge is 0.310 e. The molecule has 0 fully saturated rings. The molecule has 0 bridgehead atoms. The molecule has 0 N–H and O–H groups in total. The van der Waals surface area contributed by atoms with E-state index in [1.165, 1.54) is 77.1 Å². The molecule has 61 heavy (non-hydrogen) atoms. The zero-order valence-corrected chi connectivity index (χ0v) is 33.5. The molecule has 1 aliphatic rings. The molecule has 286 valence electrons. The molecule has 11 aromatic rings. The van der Waals surface area contributed by atoms with Gasteiger partial charge in [-0.25, -0.2) is 0 Å². The third kappa shape index (κ3) is 5.50. The molecule has 0 amide bonds. The number of fused-ring (bicyclic) bond motifs is 7. The first-order chi connectivity index (χ1) is 30.3. The molecular formula is C59H40N2. The molecule has 2 heteroatoms. The van der Waals surface area contributed by atoms with Gasteiger partial charge in [0.25, 0.3) is 0 Å². The molecule has 0 spiro atoms. The number of para-hydroxylation sites is 2. The van der Waals surface area contributed by atoms with Gasteiger partial charge in [0.1, 0.15) is 0 Å². The third-order valence-electron chi connectivity index (χ3n) is 12.8. The van der Waals surface area contributed by atoms with E-state index in [2.05, 4.69) is 252 Å². The van der Waals surface area contributed by atoms with Crippen molar-refractivity contribution in [1.29, 1.82) is 0 Å². The lowest BCUT2D eigenvalue weighted by atomic mass is 9.67. The number of hydrogen-bond acceptors (Lipinski definition) is 1. The van der Waals surface area contributed by atoms with Crippen LogP contribution in [0.1, 0.15) is 22.3 Å². The topological polar surface area (TPSA) is 8.17 Å². The van der Waals surface area contributed by atoms with Crippen LogP contribution >= 0.6 is 0 Å². The van der Waals surface area contributed by atoms with Gasteiger partial charge in [-0.2, -0.15) is 0 Å². The third-order valence-corrected chi connectivity index (χ3v) is 12.8. The van der Waals surface area contributed by atoms with E-state index in [1.807, 2.05) is 0 Å². The summed E-state index contributed by atoms with van der Waals surface area (Å²) >= 11 is 0. The molecule has 1 atom stereocenters. The van der Waals surface area contributed by atoms with Crippen molar-refractivity contribution in [3.63, 3.8) is 0 Å². The van der Waals surface area contributed by atoms with E-state index in [-0.39, 0.29) is 0 Å². The molecule has 0 saturated heterocycles. The minimum atomic E-state index is -0.577. The highest BCUT2D eigenvalue weighted by Crippen LogP contribution is 2.57. The van der Waals surface area contributed by atoms with Gasteiger partial charge in [0.15, 0.2) is 0 Å². The quantitative estimate of drug-likeness (QED) is 0.156. The second kappa shape index (κ2) is 14.1. The van der Waals surface area contributed by atoms with Crippen molar-refractivity contribution in [3.05, 3.63) is 265 Å². The zero-order valence-electron chi connectivity index (χ0n) is 33.5. The predicted molar refractivity (Wildman–Crippen MR) is 256 cm³/mol. The number of hydrogen-bond donors (Lipinski definition) is 0. The maximum Gasteiger partial charge on any atom is 0.0714 e. The fourth-order valence-corrected chi connectivity index (χ4v) is 10.2. The molecule has 0 aliphatic heterocycles. The number of aromatic nitrogens is 1. The number of nitrogens with zero attached hydrogens (tertiary/aromatic N) is 2. The molecule has 0 radical (unpaired) electrons. The van der Waals surface area contributed by atoms with Crippen molar-refractivity contribution in [1.82, 2.24) is 4.57 Å². The second-order valence-electron chi connectivity index (χ2n) is 16.1. The van der Waals surface area contributed by atoms with Crippen LogP contribution in [0.15, 0.2) is 243 Å². The monoisotopic (exact) mass is 776 g/mol. The molecule has 1 heterocycles. The molecule has 12 rings (SSSR count). The van der Waals surface area contributed by atoms with Crippen LogP contribution in [-0.2, 0) is 5.41 Å². The molecule has 1 aliphatic carbocycles. The van der Waals surface area contributed by atoms with Crippen LogP contribution in [0.3, 0.4) is 0 Å². The first-order valence-corrected chi connectivity index (χ1v) is 21.1. The van der Waals surface area contributed by atoms with E-state index in [9.17, 15) is 0 Å². The van der Waals surface area contributed by atoms with Gasteiger partial charge >= 0.3 is 0 Å². The highest BCUT2D eigenvalue weighted by atomic mass is 15.1. The smallest absolute Gasteiger partial charge is 0.0714 e. The van der Waals surface area contributed by atoms with Crippen LogP contribution in [0.25, 0.3) is 60.5 Å². The molecule has 10 aromatic carbocycles. The van der Waals surface area contributed by atoms with E-state index < -0.39 is 5.41 Å². The van der Waals surface area contributed by atoms with Gasteiger partial charge in [0, 0.05) is 33.5 Å². The summed E-state index contributed by atoms with van der Waals surface area (Å²) in [6, 6.07) is 89.3. The predicted octanol–water partition coefficient (Wildman–Crippen LogP) is 15.4. The number of anilines is 3. The van der Waals surface area contributed by atoms with Crippen LogP contribution in [0.5, 0.6) is 0 Å². The molecular weight excluding hydrogens is 737 g/mol. The van der Waals surface area contributed by atoms with Gasteiger partial charge in [-0.15, -0.1) is 0 Å². The van der Waals surface area contributed by atoms with Crippen molar-refractivity contribution in [2.75, 3.05) is 4.90 Å². The van der Waals surface area contributed by atoms with Crippen LogP contribution in [0, 0.1) is 0 Å². The van der Waals surface area contributed by atoms with E-state index in [0.29, 0.717) is 0 Å². The van der Waals surface area contributed by atoms with Crippen LogP contribution in [0.4, 0.5) is 17.1 Å². The lowest BCUT2D eigenvalue weighted by Crippen LogP contribution is -2.29. The van der Waals surface area contributed by atoms with E-state index >= 15 is 0 Å². The summed E-state index contributed by atoms with van der Waals surface area (Å²) in [5.41, 5.74) is 16.2. The first kappa shape index (κ1) is 35.0. The Hall–Kier alpha value is -7.94. The van der Waals surface area contributed by atoms with Crippen LogP contribution in [0.2, 0.25) is 0 Å². The lowest BCUT2D eigenvalue weighted by Gasteiger charge is -2.35. The molecule has 1 aromatic heterocycles. The summed E-state index contributed by atoms with van der Waals surface area (Å²) in [5, 5.41) is 4.89. The van der Waals surface area contributed by atoms with Gasteiger partial charge < -0.3 is 9.47 Å². The van der Waals surface area contributed by atoms with E-state index in [1.54, 1.807) is 0 Å². The van der Waals surface area contributed by atoms with Gasteiger partial charge in [-0.1, -0.05) is 182 Å². The summed E-state index contributed by atoms with van der Waals surface area (Å²) in [6.45, 7) is 0. The Balaban J connectivity index is 1.14. The average Bonchev–Trinajstić information content (AvgIpc) is 3.83. The number of rotatable bonds is 7. The Kier molecular flexibility index (Phi) is 8.11. The zero-order chi connectivity index (χ0) is 40.3. The van der Waals surface area contributed by atoms with Crippen molar-refractivity contribution < 1.29 is 0 Å². The van der Waals surface area contributed by atoms with Crippen molar-refractivity contribution in [2.45, 2.75) is 5.41 Å². The fourth-order valence-electron chi connectivity index (χ4n) is 10.2. The van der Waals surface area contributed by atoms with Gasteiger partial charge in [-0.05, 0) is 116 Å². The van der Waals surface area contributed by atoms with Gasteiger partial charge in [-0.3, -0.25) is 0 Å². The minimum absolute atomic E-state index is 0.577. The average molecular weight is 777 g/mol. The maximum absolute atomic E-state index is 2.48. The van der Waals surface area contributed by atoms with Crippen LogP contribution in [-0.4, -0.2) is 4.57 Å². The highest BCUT2D eigenvalue weighted by Gasteiger charge is 2.46. The summed E-state index contributed by atoms with van der Waals surface area (Å²) in [5.74, 6) is 0. The lowest BCUT2D eigenvalue weighted by molar-refractivity contribution is 0.769. The van der Waals surface area contributed by atoms with Gasteiger partial charge in [0.2, 0.25) is 0 Å². The SMILES string of the molecule is c1ccc(-c2cccc(C3(c4ccccc4)c4ccccc4-c4ccc(N(c5ccc6ccccc6c5)c5ccc6c7ccccc7n(-c7ccccc7)c6c5)cc43)c2)cc1. The summed E-state index contributed by atoms with van der Waals surface area (Å²) in [6.07, 6.45) is 0. The first-order valence-electron chi connectivity index (χ1n) is 21.1. The standard InChI is InChI=1S/C59H40N2/c1-4-17-41(18-5-1)43-21-16-24-46(37-43)59(45-22-6-2-7-23-45)55-29-14-12-27-51(55)52-35-33-49(39-56(52)59)60(48-32-31-42-19-10-11-20-44(42)38-48)50-34-36-54-53-28-13-15-30-57(53)61(58(54)40-50)47-25-8-3-9-26-47/h1-40H. The Morgan fingerprint density at radius 1 is 0.328 bits per heavy atom. The van der Waals surface area contributed by atoms with Crippen molar-refractivity contribution >= 4 is 49.6 Å². The van der Waals surface area contributed by atoms with Gasteiger partial charge in [0.05, 0.1) is 16.4 Å². The summed E-state index contributed by atoms with van der Waals surface area (Å²) in [7, 11) is 0. The molecule has 1 unspecified atom stereocenters. The highest BCUT2D eigenvalue weighted by molar-refractivity contribution is 6.10. The summed E-state index contributed by atoms with van der Waals surface area (Å²) < 4.78 is 2.41. The Bertz CT molecular complexity index is 3420. The second-order valence-corrected chi connectivity index (χ2v) is 16.1. The van der Waals surface area contributed by atoms with Crippen molar-refractivity contribution in [2.24, 2.45) is 0 Å². The Morgan fingerprint density at radius 2 is 0.918 bits per heavy atom. The molecule has 2 nitrogen and oxygen atoms in total. The number of benzene rings is 10. The van der Waals surface area contributed by atoms with Crippen LogP contribution < -0.4 is 4.90 Å². The Morgan fingerprint density at radius 3 is 1.77 bits per heavy atom. The van der Waals surface area contributed by atoms with E-state index in [0.717, 1.165) is 22.7 Å². The fraction of sp³-hybridized carbons (Fsp3) is 0.0169. The minimum Gasteiger partial charge on any atom is -0.310 e. The van der Waals surface area contributed by atoms with E-state index in [4.69, 9.17) is 0 Å². The maximum atomic E-state index is 2.48. The van der Waals surface area contributed by atoms with Crippen molar-refractivity contribution in [3.8, 4) is 27.9 Å². The molecule has 0 saturated carbocycles. The summed E-state index contributed by atoms with van der Waals surface area (Å²) in [4.78, 5) is 2.46. The normalized spacial score (nSPS) is 14.3. The Labute approximate surface area is 355 Å².